The maximum atomic E-state index is 11.5. The van der Waals surface area contributed by atoms with Gasteiger partial charge in [-0.05, 0) is 34.9 Å². The Morgan fingerprint density at radius 3 is 1.85 bits per heavy atom. The molecule has 196 valence electrons. The number of hydrogen-bond donors (Lipinski definition) is 0. The third-order valence-corrected chi connectivity index (χ3v) is 7.54. The van der Waals surface area contributed by atoms with Gasteiger partial charge in [0, 0.05) is 41.5 Å². The summed E-state index contributed by atoms with van der Waals surface area (Å²) in [6.45, 7) is 0. The Bertz CT molecular complexity index is 1930. The predicted octanol–water partition coefficient (Wildman–Crippen LogP) is 7.39. The highest BCUT2D eigenvalue weighted by Crippen LogP contribution is 2.46. The van der Waals surface area contributed by atoms with E-state index in [4.69, 9.17) is 4.98 Å². The highest BCUT2D eigenvalue weighted by atomic mass is 16.6. The number of aromatic nitrogens is 4. The van der Waals surface area contributed by atoms with Crippen LogP contribution in [0.15, 0.2) is 140 Å². The lowest BCUT2D eigenvalue weighted by atomic mass is 9.76. The minimum Gasteiger partial charge on any atom is -0.307 e. The van der Waals surface area contributed by atoms with E-state index < -0.39 is 10.5 Å². The summed E-state index contributed by atoms with van der Waals surface area (Å²) in [7, 11) is 0. The van der Waals surface area contributed by atoms with Crippen LogP contribution in [0, 0.1) is 10.1 Å². The molecule has 41 heavy (non-hydrogen) atoms. The van der Waals surface area contributed by atoms with Gasteiger partial charge >= 0.3 is 0 Å². The minimum absolute atomic E-state index is 0.0335. The Labute approximate surface area is 235 Å². The van der Waals surface area contributed by atoms with Crippen molar-refractivity contribution in [1.29, 1.82) is 0 Å². The second-order valence-corrected chi connectivity index (χ2v) is 9.76. The Kier molecular flexibility index (Phi) is 5.83. The molecule has 0 saturated heterocycles. The van der Waals surface area contributed by atoms with Gasteiger partial charge in [0.05, 0.1) is 21.8 Å². The summed E-state index contributed by atoms with van der Waals surface area (Å²) in [5, 5.41) is 13.4. The van der Waals surface area contributed by atoms with Gasteiger partial charge in [0.1, 0.15) is 11.2 Å². The molecule has 0 N–H and O–H groups in total. The molecule has 0 amide bonds. The van der Waals surface area contributed by atoms with Crippen LogP contribution in [0.1, 0.15) is 16.7 Å². The maximum absolute atomic E-state index is 11.5. The second kappa shape index (κ2) is 9.81. The van der Waals surface area contributed by atoms with Crippen molar-refractivity contribution in [2.75, 3.05) is 0 Å². The number of pyridine rings is 3. The normalized spacial score (nSPS) is 11.6. The molecule has 0 aliphatic rings. The largest absolute Gasteiger partial charge is 0.307 e. The van der Waals surface area contributed by atoms with E-state index in [1.54, 1.807) is 6.20 Å². The van der Waals surface area contributed by atoms with Crippen LogP contribution in [-0.4, -0.2) is 24.4 Å². The van der Waals surface area contributed by atoms with Gasteiger partial charge in [0.15, 0.2) is 0 Å². The maximum Gasteiger partial charge on any atom is 0.273 e. The van der Waals surface area contributed by atoms with Crippen LogP contribution < -0.4 is 0 Å². The monoisotopic (exact) mass is 533 g/mol. The van der Waals surface area contributed by atoms with Crippen LogP contribution in [0.4, 0.5) is 5.69 Å². The zero-order chi connectivity index (χ0) is 27.8. The zero-order valence-electron chi connectivity index (χ0n) is 21.8. The number of rotatable bonds is 6. The standard InChI is InChI=1S/C34H23N5O2/c40-39(41)27-18-21-36-31(22-27)30-17-16-28-29-23-35-20-19-32(29)38(33(28)37-30)34(24-10-4-1-5-11-24,25-12-6-2-7-13-25)26-14-8-3-9-15-26/h1-23H. The molecule has 0 saturated carbocycles. The molecular weight excluding hydrogens is 510 g/mol. The van der Waals surface area contributed by atoms with E-state index >= 15 is 0 Å². The van der Waals surface area contributed by atoms with E-state index in [9.17, 15) is 10.1 Å². The molecule has 7 heteroatoms. The average Bonchev–Trinajstić information content (AvgIpc) is 3.37. The van der Waals surface area contributed by atoms with E-state index in [0.29, 0.717) is 11.4 Å². The van der Waals surface area contributed by atoms with Gasteiger partial charge in [-0.15, -0.1) is 0 Å². The molecule has 0 aliphatic carbocycles. The number of benzene rings is 3. The quantitative estimate of drug-likeness (QED) is 0.126. The Morgan fingerprint density at radius 1 is 0.659 bits per heavy atom. The zero-order valence-corrected chi connectivity index (χ0v) is 21.8. The van der Waals surface area contributed by atoms with Crippen LogP contribution in [-0.2, 0) is 5.54 Å². The van der Waals surface area contributed by atoms with Crippen LogP contribution in [0.2, 0.25) is 0 Å². The van der Waals surface area contributed by atoms with E-state index in [1.807, 2.05) is 42.6 Å². The molecule has 7 nitrogen and oxygen atoms in total. The van der Waals surface area contributed by atoms with E-state index in [1.165, 1.54) is 18.3 Å². The SMILES string of the molecule is O=[N+]([O-])c1ccnc(-c2ccc3c4cnccc4n(C(c4ccccc4)(c4ccccc4)c4ccccc4)c3n2)c1. The molecule has 0 spiro atoms. The molecular formula is C34H23N5O2. The van der Waals surface area contributed by atoms with Crippen molar-refractivity contribution in [3.05, 3.63) is 167 Å². The first-order valence-corrected chi connectivity index (χ1v) is 13.2. The summed E-state index contributed by atoms with van der Waals surface area (Å²) >= 11 is 0. The fourth-order valence-electron chi connectivity index (χ4n) is 5.81. The number of hydrogen-bond acceptors (Lipinski definition) is 5. The first-order chi connectivity index (χ1) is 20.2. The van der Waals surface area contributed by atoms with Crippen molar-refractivity contribution in [3.8, 4) is 11.4 Å². The van der Waals surface area contributed by atoms with Gasteiger partial charge < -0.3 is 4.57 Å². The first kappa shape index (κ1) is 24.4. The van der Waals surface area contributed by atoms with Crippen LogP contribution in [0.3, 0.4) is 0 Å². The first-order valence-electron chi connectivity index (χ1n) is 13.2. The van der Waals surface area contributed by atoms with E-state index in [-0.39, 0.29) is 5.69 Å². The van der Waals surface area contributed by atoms with Crippen molar-refractivity contribution >= 4 is 27.6 Å². The lowest BCUT2D eigenvalue weighted by molar-refractivity contribution is -0.384. The average molecular weight is 534 g/mol. The lowest BCUT2D eigenvalue weighted by Gasteiger charge is -2.38. The van der Waals surface area contributed by atoms with Crippen molar-refractivity contribution in [3.63, 3.8) is 0 Å². The van der Waals surface area contributed by atoms with Gasteiger partial charge in [-0.25, -0.2) is 4.98 Å². The van der Waals surface area contributed by atoms with Crippen LogP contribution in [0.25, 0.3) is 33.3 Å². The van der Waals surface area contributed by atoms with Crippen molar-refractivity contribution in [2.24, 2.45) is 0 Å². The summed E-state index contributed by atoms with van der Waals surface area (Å²) in [6.07, 6.45) is 5.11. The number of nitrogens with zero attached hydrogens (tertiary/aromatic N) is 5. The van der Waals surface area contributed by atoms with Crippen molar-refractivity contribution < 1.29 is 4.92 Å². The molecule has 0 atom stereocenters. The molecule has 0 bridgehead atoms. The molecule has 0 unspecified atom stereocenters. The summed E-state index contributed by atoms with van der Waals surface area (Å²) in [5.74, 6) is 0. The third kappa shape index (κ3) is 3.86. The molecule has 0 fully saturated rings. The molecule has 7 rings (SSSR count). The highest BCUT2D eigenvalue weighted by molar-refractivity contribution is 6.07. The summed E-state index contributed by atoms with van der Waals surface area (Å²) in [6, 6.07) is 40.0. The van der Waals surface area contributed by atoms with E-state index in [2.05, 4.69) is 87.3 Å². The molecule has 4 aromatic heterocycles. The van der Waals surface area contributed by atoms with Crippen LogP contribution >= 0.6 is 0 Å². The van der Waals surface area contributed by atoms with Gasteiger partial charge in [0.2, 0.25) is 0 Å². The summed E-state index contributed by atoms with van der Waals surface area (Å²) < 4.78 is 2.28. The fraction of sp³-hybridized carbons (Fsp3) is 0.0294. The molecule has 3 aromatic carbocycles. The second-order valence-electron chi connectivity index (χ2n) is 9.76. The summed E-state index contributed by atoms with van der Waals surface area (Å²) in [4.78, 5) is 25.2. The van der Waals surface area contributed by atoms with Gasteiger partial charge in [0.25, 0.3) is 5.69 Å². The molecule has 4 heterocycles. The number of fused-ring (bicyclic) bond motifs is 3. The molecule has 7 aromatic rings. The Morgan fingerprint density at radius 2 is 1.27 bits per heavy atom. The smallest absolute Gasteiger partial charge is 0.273 e. The minimum atomic E-state index is -0.813. The molecule has 0 radical (unpaired) electrons. The topological polar surface area (TPSA) is 86.7 Å². The number of nitro groups is 1. The summed E-state index contributed by atoms with van der Waals surface area (Å²) in [5.41, 5.74) is 5.00. The van der Waals surface area contributed by atoms with Crippen LogP contribution in [0.5, 0.6) is 0 Å². The van der Waals surface area contributed by atoms with E-state index in [0.717, 1.165) is 38.6 Å². The van der Waals surface area contributed by atoms with Gasteiger partial charge in [-0.3, -0.25) is 20.1 Å². The van der Waals surface area contributed by atoms with Gasteiger partial charge in [-0.1, -0.05) is 91.0 Å². The predicted molar refractivity (Wildman–Crippen MR) is 160 cm³/mol. The lowest BCUT2D eigenvalue weighted by Crippen LogP contribution is -2.37. The third-order valence-electron chi connectivity index (χ3n) is 7.54. The Balaban J connectivity index is 1.66. The highest BCUT2D eigenvalue weighted by Gasteiger charge is 2.41. The van der Waals surface area contributed by atoms with Gasteiger partial charge in [-0.2, -0.15) is 0 Å². The molecule has 0 aliphatic heterocycles. The van der Waals surface area contributed by atoms with Crippen molar-refractivity contribution in [2.45, 2.75) is 5.54 Å². The fourth-order valence-corrected chi connectivity index (χ4v) is 5.81. The Hall–Kier alpha value is -5.69. The van der Waals surface area contributed by atoms with Crippen molar-refractivity contribution in [1.82, 2.24) is 19.5 Å².